The van der Waals surface area contributed by atoms with Gasteiger partial charge in [0.15, 0.2) is 7.14 Å². The van der Waals surface area contributed by atoms with Crippen LogP contribution in [0.15, 0.2) is 194 Å². The molecule has 0 amide bonds. The first kappa shape index (κ1) is 36.7. The number of pyridine rings is 1. The zero-order valence-corrected chi connectivity index (χ0v) is 35.2. The van der Waals surface area contributed by atoms with E-state index in [9.17, 15) is 0 Å². The van der Waals surface area contributed by atoms with Crippen LogP contribution in [0.1, 0.15) is 36.2 Å². The zero-order chi connectivity index (χ0) is 40.6. The minimum atomic E-state index is -3.31. The molecule has 0 saturated carbocycles. The third kappa shape index (κ3) is 5.41. The van der Waals surface area contributed by atoms with Gasteiger partial charge in [0, 0.05) is 48.4 Å². The van der Waals surface area contributed by atoms with Crippen molar-refractivity contribution in [1.82, 2.24) is 9.55 Å². The van der Waals surface area contributed by atoms with Crippen LogP contribution in [0.3, 0.4) is 0 Å². The molecule has 0 spiro atoms. The van der Waals surface area contributed by atoms with Crippen molar-refractivity contribution in [3.8, 4) is 16.9 Å². The highest BCUT2D eigenvalue weighted by Crippen LogP contribution is 2.54. The average Bonchev–Trinajstić information content (AvgIpc) is 3.64. The first-order valence-electron chi connectivity index (χ1n) is 20.6. The summed E-state index contributed by atoms with van der Waals surface area (Å²) in [5.41, 5.74) is 8.45. The van der Waals surface area contributed by atoms with Gasteiger partial charge in [0.25, 0.3) is 0 Å². The Labute approximate surface area is 350 Å². The summed E-state index contributed by atoms with van der Waals surface area (Å²) in [6.45, 7) is 4.61. The molecule has 290 valence electrons. The van der Waals surface area contributed by atoms with E-state index in [1.807, 2.05) is 127 Å². The summed E-state index contributed by atoms with van der Waals surface area (Å²) in [5, 5.41) is 6.18. The van der Waals surface area contributed by atoms with Crippen LogP contribution in [-0.2, 0) is 21.0 Å². The Morgan fingerprint density at radius 1 is 0.567 bits per heavy atom. The zero-order valence-electron chi connectivity index (χ0n) is 33.4. The number of benzene rings is 7. The summed E-state index contributed by atoms with van der Waals surface area (Å²) in [7, 11) is -6.51. The molecule has 7 aromatic carbocycles. The fraction of sp³-hybridized carbons (Fsp3) is 0.0926. The predicted octanol–water partition coefficient (Wildman–Crippen LogP) is 11.1. The van der Waals surface area contributed by atoms with Crippen LogP contribution >= 0.6 is 14.3 Å². The number of nitrogens with zero attached hydrogens (tertiary/aromatic N) is 2. The maximum absolute atomic E-state index is 15.9. The molecule has 0 bridgehead atoms. The van der Waals surface area contributed by atoms with Crippen molar-refractivity contribution in [2.24, 2.45) is 0 Å². The molecule has 2 aromatic heterocycles. The molecule has 0 N–H and O–H groups in total. The number of hydrogen-bond donors (Lipinski definition) is 0. The maximum Gasteiger partial charge on any atom is 0.171 e. The molecule has 0 fully saturated rings. The summed E-state index contributed by atoms with van der Waals surface area (Å²) in [6, 6.07) is 63.4. The number of fused-ring (bicyclic) bond motifs is 5. The van der Waals surface area contributed by atoms with E-state index in [-0.39, 0.29) is 11.1 Å². The van der Waals surface area contributed by atoms with Gasteiger partial charge in [-0.1, -0.05) is 178 Å². The number of aromatic nitrogens is 2. The van der Waals surface area contributed by atoms with Crippen molar-refractivity contribution in [3.05, 3.63) is 217 Å². The Morgan fingerprint density at radius 2 is 1.13 bits per heavy atom. The number of allylic oxidation sites excluding steroid dienone is 1. The van der Waals surface area contributed by atoms with Crippen LogP contribution in [-0.4, -0.2) is 15.2 Å². The maximum atomic E-state index is 15.9. The Kier molecular flexibility index (Phi) is 8.50. The second-order valence-corrected chi connectivity index (χ2v) is 22.3. The van der Waals surface area contributed by atoms with E-state index >= 15 is 9.13 Å². The fourth-order valence-electron chi connectivity index (χ4n) is 10.0. The van der Waals surface area contributed by atoms with E-state index in [1.54, 1.807) is 0 Å². The van der Waals surface area contributed by atoms with E-state index < -0.39 is 14.3 Å². The summed E-state index contributed by atoms with van der Waals surface area (Å²) in [4.78, 5) is 5.47. The monoisotopic (exact) mass is 812 g/mol. The topological polar surface area (TPSA) is 52.0 Å². The third-order valence-electron chi connectivity index (χ3n) is 12.9. The number of hydrogen-bond acceptors (Lipinski definition) is 3. The molecule has 0 aliphatic heterocycles. The van der Waals surface area contributed by atoms with Crippen molar-refractivity contribution >= 4 is 68.7 Å². The molecule has 4 nitrogen and oxygen atoms in total. The second-order valence-electron chi connectivity index (χ2n) is 16.5. The first-order valence-corrected chi connectivity index (χ1v) is 24.1. The molecular formula is C54H42N2O2P2. The Morgan fingerprint density at radius 3 is 1.77 bits per heavy atom. The standard InChI is InChI=1S/C54H42N2O2P2/c1-54(2)47-27-16-15-26-43(47)46-36-52(55-49-29-17-28-48(54)53(46)49)56-50-32-30-41(59(57,37-18-7-3-8-19-37)38-20-9-4-10-21-38)34-44(50)45-35-42(31-33-51(45)56)60(58,39-22-11-5-12-23-39)40-24-13-6-14-25-40/h3-34,36,42H,35H2,1-2H3. The lowest BCUT2D eigenvalue weighted by atomic mass is 9.69. The lowest BCUT2D eigenvalue weighted by Gasteiger charge is -2.35. The van der Waals surface area contributed by atoms with Gasteiger partial charge in [-0.15, -0.1) is 0 Å². The van der Waals surface area contributed by atoms with Crippen molar-refractivity contribution < 1.29 is 9.13 Å². The van der Waals surface area contributed by atoms with Gasteiger partial charge in [-0.2, -0.15) is 0 Å². The second kappa shape index (κ2) is 13.9. The normalized spacial score (nSPS) is 15.5. The highest BCUT2D eigenvalue weighted by atomic mass is 31.2. The third-order valence-corrected chi connectivity index (χ3v) is 19.4. The highest BCUT2D eigenvalue weighted by molar-refractivity contribution is 7.85. The lowest BCUT2D eigenvalue weighted by Crippen LogP contribution is -2.27. The largest absolute Gasteiger partial charge is 0.313 e. The summed E-state index contributed by atoms with van der Waals surface area (Å²) in [6.07, 6.45) is 4.86. The van der Waals surface area contributed by atoms with Crippen molar-refractivity contribution in [2.45, 2.75) is 31.3 Å². The summed E-state index contributed by atoms with van der Waals surface area (Å²) in [5.74, 6) is 0.815. The van der Waals surface area contributed by atoms with Gasteiger partial charge in [0.2, 0.25) is 0 Å². The smallest absolute Gasteiger partial charge is 0.171 e. The molecule has 2 aliphatic carbocycles. The predicted molar refractivity (Wildman–Crippen MR) is 252 cm³/mol. The van der Waals surface area contributed by atoms with Gasteiger partial charge in [-0.25, -0.2) is 4.98 Å². The molecular weight excluding hydrogens is 771 g/mol. The Hall–Kier alpha value is -6.31. The quantitative estimate of drug-likeness (QED) is 0.151. The van der Waals surface area contributed by atoms with E-state index in [4.69, 9.17) is 4.98 Å². The van der Waals surface area contributed by atoms with Crippen LogP contribution in [0.2, 0.25) is 0 Å². The summed E-state index contributed by atoms with van der Waals surface area (Å²) < 4.78 is 34.0. The van der Waals surface area contributed by atoms with Crippen LogP contribution in [0.25, 0.3) is 44.8 Å². The van der Waals surface area contributed by atoms with Crippen LogP contribution in [0, 0.1) is 0 Å². The molecule has 1 atom stereocenters. The lowest BCUT2D eigenvalue weighted by molar-refractivity contribution is 0.581. The summed E-state index contributed by atoms with van der Waals surface area (Å²) >= 11 is 0. The SMILES string of the molecule is CC1(C)c2ccccc2-c2cc(-n3c4c(c5cc(P(=O)(c6ccccc6)c6ccccc6)ccc53)CC(P(=O)(c3ccccc3)c3ccccc3)C=C4)nc3cccc1c23. The van der Waals surface area contributed by atoms with E-state index in [0.29, 0.717) is 6.42 Å². The van der Waals surface area contributed by atoms with Crippen molar-refractivity contribution in [3.63, 3.8) is 0 Å². The molecule has 0 saturated heterocycles. The average molecular weight is 813 g/mol. The molecule has 60 heavy (non-hydrogen) atoms. The molecule has 2 heterocycles. The first-order chi connectivity index (χ1) is 29.3. The molecule has 6 heteroatoms. The molecule has 9 aromatic rings. The van der Waals surface area contributed by atoms with Crippen molar-refractivity contribution in [2.75, 3.05) is 0 Å². The minimum Gasteiger partial charge on any atom is -0.313 e. The van der Waals surface area contributed by atoms with Crippen LogP contribution < -0.4 is 26.5 Å². The van der Waals surface area contributed by atoms with Crippen molar-refractivity contribution in [1.29, 1.82) is 0 Å². The van der Waals surface area contributed by atoms with Crippen LogP contribution in [0.4, 0.5) is 0 Å². The van der Waals surface area contributed by atoms with Gasteiger partial charge in [0.05, 0.1) is 16.7 Å². The van der Waals surface area contributed by atoms with E-state index in [0.717, 1.165) is 60.0 Å². The van der Waals surface area contributed by atoms with Gasteiger partial charge < -0.3 is 9.13 Å². The van der Waals surface area contributed by atoms with Gasteiger partial charge in [-0.3, -0.25) is 4.57 Å². The molecule has 2 aliphatic rings. The number of rotatable bonds is 7. The Bertz CT molecular complexity index is 3180. The van der Waals surface area contributed by atoms with E-state index in [2.05, 4.69) is 91.2 Å². The van der Waals surface area contributed by atoms with Gasteiger partial charge >= 0.3 is 0 Å². The fourth-order valence-corrected chi connectivity index (χ4v) is 15.7. The van der Waals surface area contributed by atoms with E-state index in [1.165, 1.54) is 27.6 Å². The molecule has 0 radical (unpaired) electrons. The highest BCUT2D eigenvalue weighted by Gasteiger charge is 2.40. The van der Waals surface area contributed by atoms with Gasteiger partial charge in [-0.05, 0) is 70.6 Å². The Balaban J connectivity index is 1.19. The minimum absolute atomic E-state index is 0.184. The van der Waals surface area contributed by atoms with Gasteiger partial charge in [0.1, 0.15) is 13.0 Å². The molecule has 11 rings (SSSR count). The molecule has 1 unspecified atom stereocenters. The van der Waals surface area contributed by atoms with Crippen LogP contribution in [0.5, 0.6) is 0 Å².